The summed E-state index contributed by atoms with van der Waals surface area (Å²) in [6.07, 6.45) is 2.02. The number of alkyl halides is 1. The molecule has 0 rings (SSSR count). The minimum atomic E-state index is -1.61. The Hall–Kier alpha value is 0.397. The molecule has 0 aromatic heterocycles. The summed E-state index contributed by atoms with van der Waals surface area (Å²) in [5.41, 5.74) is 0. The molecule has 1 atom stereocenters. The minimum absolute atomic E-state index is 0.154. The maximum atomic E-state index is 6.07. The van der Waals surface area contributed by atoms with Gasteiger partial charge in [-0.1, -0.05) is 42.8 Å². The van der Waals surface area contributed by atoms with Gasteiger partial charge < -0.3 is 4.43 Å². The first-order valence-corrected chi connectivity index (χ1v) is 8.64. The van der Waals surface area contributed by atoms with Gasteiger partial charge in [-0.25, -0.2) is 0 Å². The van der Waals surface area contributed by atoms with Crippen molar-refractivity contribution in [2.75, 3.05) is 5.33 Å². The van der Waals surface area contributed by atoms with Crippen molar-refractivity contribution in [1.29, 1.82) is 0 Å². The van der Waals surface area contributed by atoms with Crippen LogP contribution in [-0.4, -0.2) is 19.8 Å². The van der Waals surface area contributed by atoms with E-state index >= 15 is 0 Å². The van der Waals surface area contributed by atoms with Crippen molar-refractivity contribution in [3.63, 3.8) is 0 Å². The third kappa shape index (κ3) is 3.96. The molecule has 0 spiro atoms. The Morgan fingerprint density at radius 1 is 1.46 bits per heavy atom. The Balaban J connectivity index is 4.40. The van der Waals surface area contributed by atoms with E-state index in [0.717, 1.165) is 5.33 Å². The van der Waals surface area contributed by atoms with E-state index in [1.54, 1.807) is 0 Å². The van der Waals surface area contributed by atoms with Crippen molar-refractivity contribution in [3.05, 3.63) is 12.7 Å². The van der Waals surface area contributed by atoms with Crippen LogP contribution in [0.4, 0.5) is 0 Å². The lowest BCUT2D eigenvalue weighted by atomic mass is 10.2. The van der Waals surface area contributed by atoms with Crippen molar-refractivity contribution in [2.24, 2.45) is 0 Å². The molecule has 3 heteroatoms. The molecule has 0 aromatic carbocycles. The molecule has 0 radical (unpaired) electrons. The number of hydrogen-bond acceptors (Lipinski definition) is 1. The largest absolute Gasteiger partial charge is 0.410 e. The maximum Gasteiger partial charge on any atom is 0.192 e. The average Bonchev–Trinajstić information content (AvgIpc) is 1.98. The van der Waals surface area contributed by atoms with Crippen LogP contribution in [0.5, 0.6) is 0 Å². The first kappa shape index (κ1) is 13.4. The fraction of sp³-hybridized carbons (Fsp3) is 0.800. The maximum absolute atomic E-state index is 6.07. The van der Waals surface area contributed by atoms with Crippen LogP contribution in [-0.2, 0) is 4.43 Å². The highest BCUT2D eigenvalue weighted by atomic mass is 79.9. The molecule has 0 saturated carbocycles. The average molecular weight is 265 g/mol. The zero-order chi connectivity index (χ0) is 10.7. The fourth-order valence-corrected chi connectivity index (χ4v) is 2.63. The molecule has 0 aliphatic carbocycles. The van der Waals surface area contributed by atoms with Crippen molar-refractivity contribution in [1.82, 2.24) is 0 Å². The van der Waals surface area contributed by atoms with Crippen molar-refractivity contribution < 1.29 is 4.43 Å². The Kier molecular flexibility index (Phi) is 4.90. The van der Waals surface area contributed by atoms with Gasteiger partial charge in [0.2, 0.25) is 0 Å². The van der Waals surface area contributed by atoms with Gasteiger partial charge in [-0.15, -0.1) is 6.58 Å². The summed E-state index contributed by atoms with van der Waals surface area (Å²) in [4.78, 5) is 0. The van der Waals surface area contributed by atoms with E-state index in [1.165, 1.54) is 0 Å². The molecular weight excluding hydrogens is 244 g/mol. The molecule has 0 amide bonds. The summed E-state index contributed by atoms with van der Waals surface area (Å²) in [5.74, 6) is 0. The van der Waals surface area contributed by atoms with E-state index in [4.69, 9.17) is 4.43 Å². The second-order valence-electron chi connectivity index (χ2n) is 4.81. The van der Waals surface area contributed by atoms with Gasteiger partial charge in [0.15, 0.2) is 8.32 Å². The molecule has 0 N–H and O–H groups in total. The monoisotopic (exact) mass is 264 g/mol. The summed E-state index contributed by atoms with van der Waals surface area (Å²) in [5, 5.41) is 1.11. The lowest BCUT2D eigenvalue weighted by molar-refractivity contribution is 0.249. The normalized spacial score (nSPS) is 15.5. The summed E-state index contributed by atoms with van der Waals surface area (Å²) in [6.45, 7) is 15.0. The van der Waals surface area contributed by atoms with Crippen LogP contribution >= 0.6 is 15.9 Å². The molecule has 0 bridgehead atoms. The zero-order valence-corrected chi connectivity index (χ0v) is 11.9. The minimum Gasteiger partial charge on any atom is -0.410 e. The second-order valence-corrected chi connectivity index (χ2v) is 10.2. The first-order chi connectivity index (χ1) is 5.74. The van der Waals surface area contributed by atoms with Gasteiger partial charge in [0.25, 0.3) is 0 Å². The standard InChI is InChI=1S/C10H21BrOSi/c1-7-9(8-11)12-13(5,6)10(2,3)4/h7,9H,1,8H2,2-6H3/t9-/m1/s1. The summed E-state index contributed by atoms with van der Waals surface area (Å²) in [6, 6.07) is 0. The van der Waals surface area contributed by atoms with Crippen LogP contribution in [0.2, 0.25) is 18.1 Å². The number of hydrogen-bond donors (Lipinski definition) is 0. The van der Waals surface area contributed by atoms with Gasteiger partial charge in [0, 0.05) is 5.33 Å². The summed E-state index contributed by atoms with van der Waals surface area (Å²) >= 11 is 3.42. The third-order valence-electron chi connectivity index (χ3n) is 2.67. The highest BCUT2D eigenvalue weighted by Gasteiger charge is 2.38. The molecule has 0 aromatic rings. The quantitative estimate of drug-likeness (QED) is 0.425. The second kappa shape index (κ2) is 4.76. The van der Waals surface area contributed by atoms with Gasteiger partial charge in [-0.05, 0) is 18.1 Å². The topological polar surface area (TPSA) is 9.23 Å². The Bertz CT molecular complexity index is 172. The van der Waals surface area contributed by atoms with Crippen LogP contribution < -0.4 is 0 Å². The van der Waals surface area contributed by atoms with Gasteiger partial charge in [-0.2, -0.15) is 0 Å². The van der Waals surface area contributed by atoms with E-state index in [-0.39, 0.29) is 11.1 Å². The number of rotatable bonds is 4. The van der Waals surface area contributed by atoms with E-state index in [0.29, 0.717) is 0 Å². The van der Waals surface area contributed by atoms with Gasteiger partial charge >= 0.3 is 0 Å². The first-order valence-electron chi connectivity index (χ1n) is 4.61. The Morgan fingerprint density at radius 2 is 1.92 bits per heavy atom. The van der Waals surface area contributed by atoms with E-state index < -0.39 is 8.32 Å². The molecular formula is C10H21BrOSi. The fourth-order valence-electron chi connectivity index (χ4n) is 0.698. The SMILES string of the molecule is C=C[C@H](CBr)O[Si](C)(C)C(C)(C)C. The molecule has 0 heterocycles. The van der Waals surface area contributed by atoms with Crippen LogP contribution in [0.15, 0.2) is 12.7 Å². The highest BCUT2D eigenvalue weighted by molar-refractivity contribution is 9.09. The van der Waals surface area contributed by atoms with Crippen LogP contribution in [0.1, 0.15) is 20.8 Å². The molecule has 1 nitrogen and oxygen atoms in total. The molecule has 0 unspecified atom stereocenters. The Morgan fingerprint density at radius 3 is 2.15 bits per heavy atom. The predicted molar refractivity (Wildman–Crippen MR) is 66.1 cm³/mol. The molecule has 78 valence electrons. The van der Waals surface area contributed by atoms with Crippen LogP contribution in [0.25, 0.3) is 0 Å². The summed E-state index contributed by atoms with van der Waals surface area (Å²) in [7, 11) is -1.61. The van der Waals surface area contributed by atoms with Gasteiger partial charge in [-0.3, -0.25) is 0 Å². The lowest BCUT2D eigenvalue weighted by Gasteiger charge is -2.38. The molecule has 0 aliphatic heterocycles. The third-order valence-corrected chi connectivity index (χ3v) is 7.81. The molecule has 0 aliphatic rings. The van der Waals surface area contributed by atoms with Crippen molar-refractivity contribution in [3.8, 4) is 0 Å². The van der Waals surface area contributed by atoms with E-state index in [1.807, 2.05) is 6.08 Å². The Labute approximate surface area is 91.8 Å². The van der Waals surface area contributed by atoms with Crippen LogP contribution in [0.3, 0.4) is 0 Å². The smallest absolute Gasteiger partial charge is 0.192 e. The lowest BCUT2D eigenvalue weighted by Crippen LogP contribution is -2.43. The highest BCUT2D eigenvalue weighted by Crippen LogP contribution is 2.37. The van der Waals surface area contributed by atoms with Crippen molar-refractivity contribution in [2.45, 2.75) is 45.0 Å². The van der Waals surface area contributed by atoms with Gasteiger partial charge in [0.1, 0.15) is 0 Å². The van der Waals surface area contributed by atoms with Gasteiger partial charge in [0.05, 0.1) is 6.10 Å². The summed E-state index contributed by atoms with van der Waals surface area (Å²) < 4.78 is 6.07. The molecule has 0 saturated heterocycles. The molecule has 13 heavy (non-hydrogen) atoms. The molecule has 0 fully saturated rings. The van der Waals surface area contributed by atoms with Crippen molar-refractivity contribution >= 4 is 24.2 Å². The predicted octanol–water partition coefficient (Wildman–Crippen LogP) is 3.96. The number of halogens is 1. The van der Waals surface area contributed by atoms with E-state index in [2.05, 4.69) is 56.4 Å². The van der Waals surface area contributed by atoms with E-state index in [9.17, 15) is 0 Å². The van der Waals surface area contributed by atoms with Crippen LogP contribution in [0, 0.1) is 0 Å². The zero-order valence-electron chi connectivity index (χ0n) is 9.36.